The molecule has 1 amide bonds. The molecule has 0 fully saturated rings. The second kappa shape index (κ2) is 11.2. The summed E-state index contributed by atoms with van der Waals surface area (Å²) >= 11 is 1.63. The van der Waals surface area contributed by atoms with Crippen molar-refractivity contribution < 1.29 is 19.0 Å². The molecule has 0 saturated heterocycles. The summed E-state index contributed by atoms with van der Waals surface area (Å²) in [5.74, 6) is 1.70. The van der Waals surface area contributed by atoms with Crippen LogP contribution < -0.4 is 19.5 Å². The van der Waals surface area contributed by atoms with Crippen molar-refractivity contribution in [2.45, 2.75) is 11.8 Å². The number of nitrogens with one attached hydrogen (secondary N) is 1. The molecule has 0 heterocycles. The van der Waals surface area contributed by atoms with Gasteiger partial charge in [0.25, 0.3) is 5.91 Å². The molecule has 0 saturated carbocycles. The molecule has 0 bridgehead atoms. The first-order valence-electron chi connectivity index (χ1n) is 9.72. The van der Waals surface area contributed by atoms with E-state index in [9.17, 15) is 4.79 Å². The van der Waals surface area contributed by atoms with Gasteiger partial charge in [0.15, 0.2) is 11.5 Å². The topological polar surface area (TPSA) is 56.8 Å². The Kier molecular flexibility index (Phi) is 8.03. The summed E-state index contributed by atoms with van der Waals surface area (Å²) in [6, 6.07) is 22.5. The summed E-state index contributed by atoms with van der Waals surface area (Å²) in [6.45, 7) is 3.13. The van der Waals surface area contributed by atoms with Crippen LogP contribution >= 0.6 is 11.8 Å². The molecule has 0 atom stereocenters. The van der Waals surface area contributed by atoms with Crippen molar-refractivity contribution in [3.8, 4) is 17.2 Å². The molecule has 0 unspecified atom stereocenters. The lowest BCUT2D eigenvalue weighted by Crippen LogP contribution is -2.13. The molecular formula is C24H25NO4S. The Labute approximate surface area is 181 Å². The fourth-order valence-electron chi connectivity index (χ4n) is 2.77. The molecule has 0 aliphatic rings. The number of thioether (sulfide) groups is 1. The van der Waals surface area contributed by atoms with E-state index >= 15 is 0 Å². The van der Waals surface area contributed by atoms with Gasteiger partial charge in [-0.2, -0.15) is 0 Å². The van der Waals surface area contributed by atoms with Crippen molar-refractivity contribution in [3.05, 3.63) is 78.4 Å². The van der Waals surface area contributed by atoms with Gasteiger partial charge in [0.2, 0.25) is 0 Å². The summed E-state index contributed by atoms with van der Waals surface area (Å²) in [4.78, 5) is 13.8. The van der Waals surface area contributed by atoms with Crippen LogP contribution in [-0.2, 0) is 0 Å². The Morgan fingerprint density at radius 1 is 0.867 bits per heavy atom. The average molecular weight is 424 g/mol. The molecule has 30 heavy (non-hydrogen) atoms. The molecule has 156 valence electrons. The van der Waals surface area contributed by atoms with Crippen LogP contribution in [-0.4, -0.2) is 32.0 Å². The number of benzene rings is 3. The number of anilines is 1. The van der Waals surface area contributed by atoms with Gasteiger partial charge in [0.1, 0.15) is 19.0 Å². The zero-order valence-corrected chi connectivity index (χ0v) is 17.9. The summed E-state index contributed by atoms with van der Waals surface area (Å²) in [5.41, 5.74) is 1.25. The zero-order chi connectivity index (χ0) is 21.2. The van der Waals surface area contributed by atoms with E-state index in [1.165, 1.54) is 0 Å². The molecule has 0 aliphatic heterocycles. The van der Waals surface area contributed by atoms with Gasteiger partial charge in [-0.25, -0.2) is 0 Å². The summed E-state index contributed by atoms with van der Waals surface area (Å²) in [5, 5.41) is 2.92. The lowest BCUT2D eigenvalue weighted by Gasteiger charge is -2.14. The van der Waals surface area contributed by atoms with Gasteiger partial charge in [-0.15, -0.1) is 11.8 Å². The monoisotopic (exact) mass is 423 g/mol. The Bertz CT molecular complexity index is 962. The maximum atomic E-state index is 12.7. The van der Waals surface area contributed by atoms with Crippen molar-refractivity contribution in [2.75, 3.05) is 31.4 Å². The highest BCUT2D eigenvalue weighted by molar-refractivity contribution is 7.98. The van der Waals surface area contributed by atoms with Crippen LogP contribution in [0.2, 0.25) is 0 Å². The predicted molar refractivity (Wildman–Crippen MR) is 121 cm³/mol. The van der Waals surface area contributed by atoms with E-state index in [4.69, 9.17) is 14.2 Å². The number of para-hydroxylation sites is 1. The first-order chi connectivity index (χ1) is 14.7. The second-order valence-electron chi connectivity index (χ2n) is 6.29. The van der Waals surface area contributed by atoms with Gasteiger partial charge in [-0.3, -0.25) is 4.79 Å². The van der Waals surface area contributed by atoms with Crippen LogP contribution in [0.25, 0.3) is 0 Å². The van der Waals surface area contributed by atoms with E-state index in [2.05, 4.69) is 5.32 Å². The van der Waals surface area contributed by atoms with Crippen molar-refractivity contribution in [2.24, 2.45) is 0 Å². The van der Waals surface area contributed by atoms with E-state index < -0.39 is 0 Å². The summed E-state index contributed by atoms with van der Waals surface area (Å²) in [7, 11) is 0. The number of amides is 1. The first kappa shape index (κ1) is 21.6. The molecule has 5 nitrogen and oxygen atoms in total. The van der Waals surface area contributed by atoms with Gasteiger partial charge in [0, 0.05) is 16.1 Å². The molecular weight excluding hydrogens is 398 g/mol. The van der Waals surface area contributed by atoms with E-state index in [1.54, 1.807) is 30.0 Å². The lowest BCUT2D eigenvalue weighted by atomic mass is 10.2. The highest BCUT2D eigenvalue weighted by Crippen LogP contribution is 2.29. The minimum Gasteiger partial charge on any atom is -0.490 e. The third-order valence-electron chi connectivity index (χ3n) is 4.19. The number of ether oxygens (including phenoxy) is 3. The molecule has 3 rings (SSSR count). The Morgan fingerprint density at radius 2 is 1.67 bits per heavy atom. The van der Waals surface area contributed by atoms with Gasteiger partial charge in [-0.05, 0) is 61.7 Å². The fourth-order valence-corrected chi connectivity index (χ4v) is 3.23. The highest BCUT2D eigenvalue weighted by Gasteiger charge is 2.12. The van der Waals surface area contributed by atoms with Crippen molar-refractivity contribution >= 4 is 23.4 Å². The number of carbonyl (C=O) groups excluding carboxylic acids is 1. The van der Waals surface area contributed by atoms with Crippen LogP contribution in [0.1, 0.15) is 17.3 Å². The number of rotatable bonds is 10. The molecule has 3 aromatic carbocycles. The Hall–Kier alpha value is -3.12. The van der Waals surface area contributed by atoms with Crippen molar-refractivity contribution in [1.29, 1.82) is 0 Å². The molecule has 1 N–H and O–H groups in total. The van der Waals surface area contributed by atoms with Crippen LogP contribution in [0.3, 0.4) is 0 Å². The maximum absolute atomic E-state index is 12.7. The minimum atomic E-state index is -0.201. The average Bonchev–Trinajstić information content (AvgIpc) is 2.78. The van der Waals surface area contributed by atoms with E-state index in [0.29, 0.717) is 36.9 Å². The molecule has 0 aromatic heterocycles. The SMILES string of the molecule is CCOc1cc(C(=O)Nc2cccc(SC)c2)ccc1OCCOc1ccccc1. The normalized spacial score (nSPS) is 10.3. The molecule has 0 radical (unpaired) electrons. The predicted octanol–water partition coefficient (Wildman–Crippen LogP) is 5.52. The molecule has 0 spiro atoms. The van der Waals surface area contributed by atoms with E-state index in [-0.39, 0.29) is 5.91 Å². The van der Waals surface area contributed by atoms with Gasteiger partial charge < -0.3 is 19.5 Å². The van der Waals surface area contributed by atoms with Crippen LogP contribution in [0.5, 0.6) is 17.2 Å². The standard InChI is InChI=1S/C24H25NO4S/c1-3-27-23-16-18(24(26)25-19-8-7-11-21(17-19)30-2)12-13-22(23)29-15-14-28-20-9-5-4-6-10-20/h4-13,16-17H,3,14-15H2,1-2H3,(H,25,26). The van der Waals surface area contributed by atoms with E-state index in [1.807, 2.05) is 67.8 Å². The van der Waals surface area contributed by atoms with Gasteiger partial charge in [0.05, 0.1) is 6.61 Å². The summed E-state index contributed by atoms with van der Waals surface area (Å²) < 4.78 is 17.1. The van der Waals surface area contributed by atoms with Gasteiger partial charge >= 0.3 is 0 Å². The lowest BCUT2D eigenvalue weighted by molar-refractivity contribution is 0.102. The minimum absolute atomic E-state index is 0.201. The quantitative estimate of drug-likeness (QED) is 0.344. The number of hydrogen-bond donors (Lipinski definition) is 1. The second-order valence-corrected chi connectivity index (χ2v) is 7.17. The Morgan fingerprint density at radius 3 is 2.43 bits per heavy atom. The Balaban J connectivity index is 1.62. The highest BCUT2D eigenvalue weighted by atomic mass is 32.2. The van der Waals surface area contributed by atoms with Crippen LogP contribution in [0, 0.1) is 0 Å². The van der Waals surface area contributed by atoms with E-state index in [0.717, 1.165) is 16.3 Å². The molecule has 0 aliphatic carbocycles. The van der Waals surface area contributed by atoms with Crippen molar-refractivity contribution in [1.82, 2.24) is 0 Å². The van der Waals surface area contributed by atoms with Crippen LogP contribution in [0.15, 0.2) is 77.7 Å². The smallest absolute Gasteiger partial charge is 0.255 e. The first-order valence-corrected chi connectivity index (χ1v) is 10.9. The molecule has 6 heteroatoms. The maximum Gasteiger partial charge on any atom is 0.255 e. The van der Waals surface area contributed by atoms with Crippen LogP contribution in [0.4, 0.5) is 5.69 Å². The third kappa shape index (κ3) is 6.19. The largest absolute Gasteiger partial charge is 0.490 e. The molecule has 3 aromatic rings. The summed E-state index contributed by atoms with van der Waals surface area (Å²) in [6.07, 6.45) is 2.00. The third-order valence-corrected chi connectivity index (χ3v) is 4.91. The zero-order valence-electron chi connectivity index (χ0n) is 17.1. The number of hydrogen-bond acceptors (Lipinski definition) is 5. The fraction of sp³-hybridized carbons (Fsp3) is 0.208. The van der Waals surface area contributed by atoms with Crippen molar-refractivity contribution in [3.63, 3.8) is 0 Å². The van der Waals surface area contributed by atoms with Gasteiger partial charge in [-0.1, -0.05) is 24.3 Å². The number of carbonyl (C=O) groups is 1.